The first-order valence-electron chi connectivity index (χ1n) is 7.26. The third-order valence-electron chi connectivity index (χ3n) is 3.32. The third kappa shape index (κ3) is 4.02. The van der Waals surface area contributed by atoms with Crippen LogP contribution in [0.5, 0.6) is 11.5 Å². The molecule has 0 aliphatic rings. The fraction of sp³-hybridized carbons (Fsp3) is 0.188. The van der Waals surface area contributed by atoms with Crippen LogP contribution in [0.1, 0.15) is 11.1 Å². The van der Waals surface area contributed by atoms with E-state index in [1.807, 2.05) is 42.5 Å². The van der Waals surface area contributed by atoms with Crippen molar-refractivity contribution in [2.24, 2.45) is 0 Å². The average Bonchev–Trinajstić information content (AvgIpc) is 3.13. The summed E-state index contributed by atoms with van der Waals surface area (Å²) in [6.45, 7) is 0.924. The van der Waals surface area contributed by atoms with Crippen molar-refractivity contribution >= 4 is 21.9 Å². The van der Waals surface area contributed by atoms with E-state index in [-0.39, 0.29) is 0 Å². The third-order valence-corrected chi connectivity index (χ3v) is 3.78. The molecule has 0 saturated heterocycles. The summed E-state index contributed by atoms with van der Waals surface area (Å²) in [6.07, 6.45) is 0. The van der Waals surface area contributed by atoms with E-state index >= 15 is 0 Å². The van der Waals surface area contributed by atoms with Crippen LogP contribution in [-0.4, -0.2) is 27.7 Å². The van der Waals surface area contributed by atoms with E-state index < -0.39 is 0 Å². The van der Waals surface area contributed by atoms with Gasteiger partial charge < -0.3 is 14.8 Å². The zero-order valence-corrected chi connectivity index (χ0v) is 14.6. The molecule has 0 bridgehead atoms. The molecule has 0 aliphatic heterocycles. The number of benzene rings is 2. The first-order chi connectivity index (χ1) is 11.8. The topological polar surface area (TPSA) is 85.0 Å². The summed E-state index contributed by atoms with van der Waals surface area (Å²) < 4.78 is 12.4. The molecule has 2 aromatic carbocycles. The Bertz CT molecular complexity index is 781. The van der Waals surface area contributed by atoms with E-state index in [1.165, 1.54) is 0 Å². The van der Waals surface area contributed by atoms with Crippen molar-refractivity contribution < 1.29 is 9.47 Å². The zero-order valence-electron chi connectivity index (χ0n) is 13.0. The van der Waals surface area contributed by atoms with Gasteiger partial charge in [0.1, 0.15) is 6.61 Å². The van der Waals surface area contributed by atoms with Crippen molar-refractivity contribution in [2.45, 2.75) is 13.2 Å². The van der Waals surface area contributed by atoms with Crippen LogP contribution in [-0.2, 0) is 13.2 Å². The molecule has 0 saturated carbocycles. The second-order valence-electron chi connectivity index (χ2n) is 4.96. The SMILES string of the molecule is COc1cc(Br)cc(CNc2nn[nH]n2)c1OCc1ccccc1. The lowest BCUT2D eigenvalue weighted by molar-refractivity contribution is 0.281. The minimum atomic E-state index is 0.419. The molecule has 0 atom stereocenters. The van der Waals surface area contributed by atoms with Crippen LogP contribution in [0.25, 0.3) is 0 Å². The summed E-state index contributed by atoms with van der Waals surface area (Å²) in [5, 5.41) is 16.8. The first-order valence-corrected chi connectivity index (χ1v) is 8.06. The van der Waals surface area contributed by atoms with Gasteiger partial charge in [0.15, 0.2) is 11.5 Å². The maximum atomic E-state index is 6.02. The Labute approximate surface area is 147 Å². The molecular formula is C16H16BrN5O2. The minimum absolute atomic E-state index is 0.419. The average molecular weight is 390 g/mol. The maximum absolute atomic E-state index is 6.02. The van der Waals surface area contributed by atoms with Crippen molar-refractivity contribution in [1.29, 1.82) is 0 Å². The quantitative estimate of drug-likeness (QED) is 0.645. The number of tetrazole rings is 1. The fourth-order valence-electron chi connectivity index (χ4n) is 2.21. The highest BCUT2D eigenvalue weighted by atomic mass is 79.9. The molecule has 124 valence electrons. The summed E-state index contributed by atoms with van der Waals surface area (Å²) in [5.74, 6) is 1.76. The van der Waals surface area contributed by atoms with Gasteiger partial charge in [-0.3, -0.25) is 0 Å². The van der Waals surface area contributed by atoms with E-state index in [1.54, 1.807) is 7.11 Å². The lowest BCUT2D eigenvalue weighted by Crippen LogP contribution is -2.06. The Morgan fingerprint density at radius 3 is 2.75 bits per heavy atom. The molecule has 0 unspecified atom stereocenters. The number of rotatable bonds is 7. The van der Waals surface area contributed by atoms with Crippen molar-refractivity contribution in [3.8, 4) is 11.5 Å². The van der Waals surface area contributed by atoms with Crippen LogP contribution in [0.4, 0.5) is 5.95 Å². The maximum Gasteiger partial charge on any atom is 0.263 e. The number of aromatic nitrogens is 4. The van der Waals surface area contributed by atoms with Gasteiger partial charge in [-0.15, -0.1) is 5.10 Å². The molecule has 0 radical (unpaired) electrons. The fourth-order valence-corrected chi connectivity index (χ4v) is 2.69. The molecule has 0 amide bonds. The Morgan fingerprint density at radius 1 is 1.21 bits per heavy atom. The summed E-state index contributed by atoms with van der Waals surface area (Å²) >= 11 is 3.49. The molecule has 1 aromatic heterocycles. The second kappa shape index (κ2) is 7.78. The second-order valence-corrected chi connectivity index (χ2v) is 5.88. The smallest absolute Gasteiger partial charge is 0.263 e. The molecule has 2 N–H and O–H groups in total. The van der Waals surface area contributed by atoms with E-state index in [0.29, 0.717) is 30.6 Å². The first kappa shape index (κ1) is 16.3. The van der Waals surface area contributed by atoms with Crippen LogP contribution in [0, 0.1) is 0 Å². The molecule has 0 spiro atoms. The highest BCUT2D eigenvalue weighted by Crippen LogP contribution is 2.35. The Hall–Kier alpha value is -2.61. The summed E-state index contributed by atoms with van der Waals surface area (Å²) in [5.41, 5.74) is 2.00. The number of methoxy groups -OCH3 is 1. The van der Waals surface area contributed by atoms with E-state index in [9.17, 15) is 0 Å². The number of anilines is 1. The summed E-state index contributed by atoms with van der Waals surface area (Å²) in [6, 6.07) is 13.8. The summed E-state index contributed by atoms with van der Waals surface area (Å²) in [7, 11) is 1.62. The zero-order chi connectivity index (χ0) is 16.8. The van der Waals surface area contributed by atoms with E-state index in [2.05, 4.69) is 41.9 Å². The van der Waals surface area contributed by atoms with Gasteiger partial charge in [-0.2, -0.15) is 5.21 Å². The number of hydrogen-bond donors (Lipinski definition) is 2. The monoisotopic (exact) mass is 389 g/mol. The molecule has 1 heterocycles. The molecule has 3 rings (SSSR count). The van der Waals surface area contributed by atoms with E-state index in [4.69, 9.17) is 9.47 Å². The van der Waals surface area contributed by atoms with Crippen LogP contribution in [0.15, 0.2) is 46.9 Å². The van der Waals surface area contributed by atoms with Gasteiger partial charge in [0.05, 0.1) is 7.11 Å². The minimum Gasteiger partial charge on any atom is -0.493 e. The van der Waals surface area contributed by atoms with Gasteiger partial charge in [-0.25, -0.2) is 0 Å². The molecule has 7 nitrogen and oxygen atoms in total. The highest BCUT2D eigenvalue weighted by molar-refractivity contribution is 9.10. The number of nitrogens with zero attached hydrogens (tertiary/aromatic N) is 3. The van der Waals surface area contributed by atoms with Crippen LogP contribution in [0.2, 0.25) is 0 Å². The molecule has 8 heteroatoms. The van der Waals surface area contributed by atoms with Crippen molar-refractivity contribution in [2.75, 3.05) is 12.4 Å². The van der Waals surface area contributed by atoms with Gasteiger partial charge in [-0.05, 0) is 22.9 Å². The molecule has 24 heavy (non-hydrogen) atoms. The lowest BCUT2D eigenvalue weighted by Gasteiger charge is -2.16. The van der Waals surface area contributed by atoms with Crippen LogP contribution < -0.4 is 14.8 Å². The normalized spacial score (nSPS) is 10.4. The van der Waals surface area contributed by atoms with Crippen molar-refractivity contribution in [3.63, 3.8) is 0 Å². The van der Waals surface area contributed by atoms with Gasteiger partial charge in [-0.1, -0.05) is 51.4 Å². The standard InChI is InChI=1S/C16H16BrN5O2/c1-23-14-8-13(17)7-12(9-18-16-19-21-22-20-16)15(14)24-10-11-5-3-2-4-6-11/h2-8H,9-10H2,1H3,(H2,18,19,20,21,22). The predicted octanol–water partition coefficient (Wildman–Crippen LogP) is 3.16. The number of nitrogens with one attached hydrogen (secondary N) is 2. The molecule has 3 aromatic rings. The lowest BCUT2D eigenvalue weighted by atomic mass is 10.1. The van der Waals surface area contributed by atoms with Gasteiger partial charge in [0, 0.05) is 16.6 Å². The molecular weight excluding hydrogens is 374 g/mol. The van der Waals surface area contributed by atoms with Gasteiger partial charge in [0.2, 0.25) is 0 Å². The van der Waals surface area contributed by atoms with Gasteiger partial charge in [0.25, 0.3) is 5.95 Å². The van der Waals surface area contributed by atoms with Crippen LogP contribution in [0.3, 0.4) is 0 Å². The van der Waals surface area contributed by atoms with Gasteiger partial charge >= 0.3 is 0 Å². The van der Waals surface area contributed by atoms with E-state index in [0.717, 1.165) is 15.6 Å². The largest absolute Gasteiger partial charge is 0.493 e. The Balaban J connectivity index is 1.81. The number of ether oxygens (including phenoxy) is 2. The van der Waals surface area contributed by atoms with Crippen LogP contribution >= 0.6 is 15.9 Å². The van der Waals surface area contributed by atoms with Crippen molar-refractivity contribution in [3.05, 3.63) is 58.1 Å². The predicted molar refractivity (Wildman–Crippen MR) is 93.0 cm³/mol. The number of aromatic amines is 1. The number of H-pyrrole nitrogens is 1. The highest BCUT2D eigenvalue weighted by Gasteiger charge is 2.14. The van der Waals surface area contributed by atoms with Crippen molar-refractivity contribution in [1.82, 2.24) is 20.6 Å². The number of halogens is 1. The summed E-state index contributed by atoms with van der Waals surface area (Å²) in [4.78, 5) is 0. The Kier molecular flexibility index (Phi) is 5.27. The molecule has 0 fully saturated rings. The molecule has 0 aliphatic carbocycles. The number of hydrogen-bond acceptors (Lipinski definition) is 6. The Morgan fingerprint density at radius 2 is 2.04 bits per heavy atom.